The molecule has 164 valence electrons. The molecule has 30 heavy (non-hydrogen) atoms. The number of carbonyl (C=O) groups excluding carboxylic acids is 1. The lowest BCUT2D eigenvalue weighted by Gasteiger charge is -2.28. The van der Waals surface area contributed by atoms with Crippen LogP contribution in [-0.2, 0) is 14.8 Å². The van der Waals surface area contributed by atoms with Crippen molar-refractivity contribution in [1.82, 2.24) is 14.9 Å². The number of thiophene rings is 1. The Balaban J connectivity index is 1.69. The van der Waals surface area contributed by atoms with Crippen LogP contribution in [-0.4, -0.2) is 44.9 Å². The summed E-state index contributed by atoms with van der Waals surface area (Å²) in [6.45, 7) is 6.12. The molecular weight excluding hydrogens is 442 g/mol. The molecule has 2 aromatic rings. The maximum Gasteiger partial charge on any atom is 0.241 e. The van der Waals surface area contributed by atoms with E-state index in [1.165, 1.54) is 29.1 Å². The average molecular weight is 470 g/mol. The largest absolute Gasteiger partial charge is 0.353 e. The van der Waals surface area contributed by atoms with Crippen LogP contribution >= 0.6 is 22.9 Å². The molecule has 1 saturated heterocycles. The summed E-state index contributed by atoms with van der Waals surface area (Å²) in [5, 5.41) is 5.48. The van der Waals surface area contributed by atoms with E-state index in [1.54, 1.807) is 11.3 Å². The van der Waals surface area contributed by atoms with E-state index in [0.29, 0.717) is 11.6 Å². The molecule has 2 atom stereocenters. The lowest BCUT2D eigenvalue weighted by atomic mass is 10.0. The third kappa shape index (κ3) is 5.82. The Morgan fingerprint density at radius 1 is 1.17 bits per heavy atom. The molecule has 9 heteroatoms. The summed E-state index contributed by atoms with van der Waals surface area (Å²) >= 11 is 7.53. The number of hydrogen-bond donors (Lipinski definition) is 2. The molecule has 1 aliphatic rings. The predicted molar refractivity (Wildman–Crippen MR) is 121 cm³/mol. The summed E-state index contributed by atoms with van der Waals surface area (Å²) in [6, 6.07) is 9.24. The fourth-order valence-corrected chi connectivity index (χ4v) is 5.92. The minimum atomic E-state index is -3.84. The zero-order valence-corrected chi connectivity index (χ0v) is 19.6. The molecule has 2 heterocycles. The van der Waals surface area contributed by atoms with Crippen molar-refractivity contribution in [1.29, 1.82) is 0 Å². The molecule has 1 aromatic carbocycles. The maximum atomic E-state index is 13.0. The van der Waals surface area contributed by atoms with E-state index < -0.39 is 16.1 Å². The average Bonchev–Trinajstić information content (AvgIpc) is 3.41. The van der Waals surface area contributed by atoms with Crippen LogP contribution in [0, 0.1) is 5.92 Å². The number of nitrogens with one attached hydrogen (secondary N) is 2. The number of rotatable bonds is 9. The van der Waals surface area contributed by atoms with E-state index in [1.807, 2.05) is 25.3 Å². The summed E-state index contributed by atoms with van der Waals surface area (Å²) in [4.78, 5) is 16.6. The highest BCUT2D eigenvalue weighted by molar-refractivity contribution is 7.89. The van der Waals surface area contributed by atoms with Crippen LogP contribution in [0.2, 0.25) is 5.02 Å². The molecule has 0 radical (unpaired) electrons. The van der Waals surface area contributed by atoms with Gasteiger partial charge in [-0.3, -0.25) is 9.69 Å². The van der Waals surface area contributed by atoms with Crippen molar-refractivity contribution in [2.24, 2.45) is 5.92 Å². The second-order valence-corrected chi connectivity index (χ2v) is 10.9. The number of benzene rings is 1. The van der Waals surface area contributed by atoms with Gasteiger partial charge in [-0.2, -0.15) is 4.72 Å². The lowest BCUT2D eigenvalue weighted by molar-refractivity contribution is -0.123. The van der Waals surface area contributed by atoms with Crippen molar-refractivity contribution in [3.8, 4) is 0 Å². The Bertz CT molecular complexity index is 925. The molecule has 1 amide bonds. The third-order valence-electron chi connectivity index (χ3n) is 5.28. The highest BCUT2D eigenvalue weighted by atomic mass is 35.5. The van der Waals surface area contributed by atoms with Gasteiger partial charge in [0.15, 0.2) is 0 Å². The van der Waals surface area contributed by atoms with Gasteiger partial charge in [0.25, 0.3) is 0 Å². The topological polar surface area (TPSA) is 78.5 Å². The molecule has 0 spiro atoms. The van der Waals surface area contributed by atoms with Gasteiger partial charge in [-0.25, -0.2) is 8.42 Å². The Morgan fingerprint density at radius 3 is 2.40 bits per heavy atom. The zero-order valence-electron chi connectivity index (χ0n) is 17.2. The van der Waals surface area contributed by atoms with Crippen LogP contribution in [0.25, 0.3) is 0 Å². The van der Waals surface area contributed by atoms with Gasteiger partial charge in [-0.05, 0) is 67.6 Å². The first-order valence-electron chi connectivity index (χ1n) is 10.1. The molecule has 1 unspecified atom stereocenters. The van der Waals surface area contributed by atoms with Crippen LogP contribution in [0.5, 0.6) is 0 Å². The normalized spacial score (nSPS) is 17.2. The summed E-state index contributed by atoms with van der Waals surface area (Å²) in [6.07, 6.45) is 2.32. The van der Waals surface area contributed by atoms with Crippen molar-refractivity contribution in [2.75, 3.05) is 19.6 Å². The summed E-state index contributed by atoms with van der Waals surface area (Å²) in [5.74, 6) is -0.526. The first-order chi connectivity index (χ1) is 14.3. The van der Waals surface area contributed by atoms with Crippen LogP contribution in [0.4, 0.5) is 0 Å². The summed E-state index contributed by atoms with van der Waals surface area (Å²) < 4.78 is 28.1. The van der Waals surface area contributed by atoms with Crippen LogP contribution in [0.3, 0.4) is 0 Å². The third-order valence-corrected chi connectivity index (χ3v) is 7.96. The summed E-state index contributed by atoms with van der Waals surface area (Å²) in [5.41, 5.74) is 0. The molecule has 1 aromatic heterocycles. The number of hydrogen-bond acceptors (Lipinski definition) is 5. The second kappa shape index (κ2) is 10.2. The second-order valence-electron chi connectivity index (χ2n) is 7.82. The number of halogens is 1. The minimum absolute atomic E-state index is 0.0823. The smallest absolute Gasteiger partial charge is 0.241 e. The van der Waals surface area contributed by atoms with E-state index in [4.69, 9.17) is 11.6 Å². The van der Waals surface area contributed by atoms with Crippen molar-refractivity contribution < 1.29 is 13.2 Å². The zero-order chi connectivity index (χ0) is 21.7. The van der Waals surface area contributed by atoms with E-state index in [2.05, 4.69) is 21.0 Å². The van der Waals surface area contributed by atoms with Gasteiger partial charge in [0.05, 0.1) is 10.9 Å². The SMILES string of the molecule is CC(C)[C@H](NS(=O)(=O)c1ccc(Cl)cc1)C(=O)NCC(c1cccs1)N1CCCC1. The molecule has 0 bridgehead atoms. The van der Waals surface area contributed by atoms with Crippen LogP contribution < -0.4 is 10.0 Å². The van der Waals surface area contributed by atoms with Crippen LogP contribution in [0.1, 0.15) is 37.6 Å². The molecule has 0 saturated carbocycles. The Kier molecular flexibility index (Phi) is 7.92. The molecular formula is C21H28ClN3O3S2. The minimum Gasteiger partial charge on any atom is -0.353 e. The molecule has 3 rings (SSSR count). The molecule has 6 nitrogen and oxygen atoms in total. The number of nitrogens with zero attached hydrogens (tertiary/aromatic N) is 1. The Morgan fingerprint density at radius 2 is 1.83 bits per heavy atom. The number of amides is 1. The highest BCUT2D eigenvalue weighted by Crippen LogP contribution is 2.28. The number of likely N-dealkylation sites (tertiary alicyclic amines) is 1. The Labute approximate surface area is 187 Å². The van der Waals surface area contributed by atoms with E-state index in [9.17, 15) is 13.2 Å². The maximum absolute atomic E-state index is 13.0. The lowest BCUT2D eigenvalue weighted by Crippen LogP contribution is -2.51. The van der Waals surface area contributed by atoms with Gasteiger partial charge in [0.2, 0.25) is 15.9 Å². The van der Waals surface area contributed by atoms with Crippen molar-refractivity contribution in [2.45, 2.75) is 43.7 Å². The monoisotopic (exact) mass is 469 g/mol. The van der Waals surface area contributed by atoms with Gasteiger partial charge >= 0.3 is 0 Å². The molecule has 2 N–H and O–H groups in total. The first-order valence-corrected chi connectivity index (χ1v) is 12.8. The number of sulfonamides is 1. The predicted octanol–water partition coefficient (Wildman–Crippen LogP) is 3.66. The fourth-order valence-electron chi connectivity index (χ4n) is 3.59. The van der Waals surface area contributed by atoms with Gasteiger partial charge in [0, 0.05) is 16.4 Å². The molecule has 1 fully saturated rings. The van der Waals surface area contributed by atoms with Gasteiger partial charge < -0.3 is 5.32 Å². The Hall–Kier alpha value is -1.45. The van der Waals surface area contributed by atoms with Crippen LogP contribution in [0.15, 0.2) is 46.7 Å². The van der Waals surface area contributed by atoms with E-state index in [-0.39, 0.29) is 22.8 Å². The fraction of sp³-hybridized carbons (Fsp3) is 0.476. The standard InChI is InChI=1S/C21H28ClN3O3S2/c1-15(2)20(24-30(27,28)17-9-7-16(22)8-10-17)21(26)23-14-18(19-6-5-13-29-19)25-11-3-4-12-25/h5-10,13,15,18,20,24H,3-4,11-12,14H2,1-2H3,(H,23,26)/t18?,20-/m0/s1. The van der Waals surface area contributed by atoms with E-state index in [0.717, 1.165) is 25.9 Å². The summed E-state index contributed by atoms with van der Waals surface area (Å²) in [7, 11) is -3.84. The van der Waals surface area contributed by atoms with Gasteiger partial charge in [-0.1, -0.05) is 31.5 Å². The van der Waals surface area contributed by atoms with Crippen molar-refractivity contribution in [3.63, 3.8) is 0 Å². The van der Waals surface area contributed by atoms with Crippen molar-refractivity contribution in [3.05, 3.63) is 51.7 Å². The highest BCUT2D eigenvalue weighted by Gasteiger charge is 2.30. The first kappa shape index (κ1) is 23.2. The molecule has 0 aliphatic carbocycles. The van der Waals surface area contributed by atoms with E-state index >= 15 is 0 Å². The van der Waals surface area contributed by atoms with Gasteiger partial charge in [-0.15, -0.1) is 11.3 Å². The quantitative estimate of drug-likeness (QED) is 0.587. The van der Waals surface area contributed by atoms with Crippen molar-refractivity contribution >= 4 is 38.9 Å². The number of carbonyl (C=O) groups is 1. The molecule has 1 aliphatic heterocycles. The van der Waals surface area contributed by atoms with Gasteiger partial charge in [0.1, 0.15) is 6.04 Å².